The van der Waals surface area contributed by atoms with Gasteiger partial charge in [-0.05, 0) is 34.1 Å². The van der Waals surface area contributed by atoms with E-state index >= 15 is 0 Å². The summed E-state index contributed by atoms with van der Waals surface area (Å²) in [5.41, 5.74) is 7.23. The molecule has 0 aliphatic heterocycles. The van der Waals surface area contributed by atoms with E-state index in [1.165, 1.54) is 4.68 Å². The SMILES string of the molecule is Cn1ncc(Br)c1C(=O)c1ccc(Br)cc1N. The number of nitrogen functional groups attached to an aromatic ring is 1. The standard InChI is InChI=1S/C11H9Br2N3O/c1-16-10(8(13)5-15-16)11(17)7-3-2-6(12)4-9(7)14/h2-5H,14H2,1H3. The first-order chi connectivity index (χ1) is 8.00. The second-order valence-electron chi connectivity index (χ2n) is 3.53. The summed E-state index contributed by atoms with van der Waals surface area (Å²) < 4.78 is 3.02. The van der Waals surface area contributed by atoms with Gasteiger partial charge in [-0.3, -0.25) is 9.48 Å². The molecule has 0 atom stereocenters. The van der Waals surface area contributed by atoms with Crippen molar-refractivity contribution in [1.82, 2.24) is 9.78 Å². The molecule has 2 aromatic rings. The zero-order valence-corrected chi connectivity index (χ0v) is 12.1. The number of carbonyl (C=O) groups is 1. The molecule has 0 aliphatic carbocycles. The third-order valence-corrected chi connectivity index (χ3v) is 3.44. The number of aromatic nitrogens is 2. The minimum Gasteiger partial charge on any atom is -0.398 e. The molecule has 0 fully saturated rings. The van der Waals surface area contributed by atoms with Crippen molar-refractivity contribution in [2.45, 2.75) is 0 Å². The van der Waals surface area contributed by atoms with E-state index in [1.54, 1.807) is 31.4 Å². The maximum Gasteiger partial charge on any atom is 0.214 e. The van der Waals surface area contributed by atoms with Gasteiger partial charge < -0.3 is 5.73 Å². The Labute approximate surface area is 115 Å². The van der Waals surface area contributed by atoms with Gasteiger partial charge in [0, 0.05) is 22.8 Å². The van der Waals surface area contributed by atoms with Crippen LogP contribution in [0.2, 0.25) is 0 Å². The highest BCUT2D eigenvalue weighted by atomic mass is 79.9. The zero-order chi connectivity index (χ0) is 12.6. The molecule has 17 heavy (non-hydrogen) atoms. The largest absolute Gasteiger partial charge is 0.398 e. The summed E-state index contributed by atoms with van der Waals surface area (Å²) >= 11 is 6.60. The van der Waals surface area contributed by atoms with E-state index in [1.807, 2.05) is 0 Å². The zero-order valence-electron chi connectivity index (χ0n) is 8.95. The van der Waals surface area contributed by atoms with Crippen molar-refractivity contribution in [3.63, 3.8) is 0 Å². The lowest BCUT2D eigenvalue weighted by atomic mass is 10.1. The molecule has 0 amide bonds. The fourth-order valence-electron chi connectivity index (χ4n) is 1.53. The van der Waals surface area contributed by atoms with E-state index in [0.29, 0.717) is 21.4 Å². The van der Waals surface area contributed by atoms with E-state index in [2.05, 4.69) is 37.0 Å². The summed E-state index contributed by atoms with van der Waals surface area (Å²) in [5.74, 6) is -0.151. The van der Waals surface area contributed by atoms with Crippen LogP contribution in [-0.2, 0) is 7.05 Å². The second kappa shape index (κ2) is 4.62. The van der Waals surface area contributed by atoms with Crippen LogP contribution in [0.3, 0.4) is 0 Å². The molecule has 1 aromatic heterocycles. The van der Waals surface area contributed by atoms with Crippen molar-refractivity contribution in [3.8, 4) is 0 Å². The van der Waals surface area contributed by atoms with E-state index < -0.39 is 0 Å². The van der Waals surface area contributed by atoms with Gasteiger partial charge in [-0.25, -0.2) is 0 Å². The average molecular weight is 359 g/mol. The highest BCUT2D eigenvalue weighted by Crippen LogP contribution is 2.24. The van der Waals surface area contributed by atoms with Crippen LogP contribution in [0.4, 0.5) is 5.69 Å². The van der Waals surface area contributed by atoms with E-state index in [0.717, 1.165) is 4.47 Å². The molecule has 4 nitrogen and oxygen atoms in total. The monoisotopic (exact) mass is 357 g/mol. The fraction of sp³-hybridized carbons (Fsp3) is 0.0909. The van der Waals surface area contributed by atoms with E-state index in [-0.39, 0.29) is 5.78 Å². The molecular weight excluding hydrogens is 350 g/mol. The number of hydrogen-bond acceptors (Lipinski definition) is 3. The molecule has 6 heteroatoms. The van der Waals surface area contributed by atoms with Crippen LogP contribution in [0.15, 0.2) is 33.3 Å². The van der Waals surface area contributed by atoms with Gasteiger partial charge in [0.05, 0.1) is 10.7 Å². The Morgan fingerprint density at radius 3 is 2.65 bits per heavy atom. The third-order valence-electron chi connectivity index (χ3n) is 2.37. The highest BCUT2D eigenvalue weighted by molar-refractivity contribution is 9.10. The van der Waals surface area contributed by atoms with E-state index in [9.17, 15) is 4.79 Å². The highest BCUT2D eigenvalue weighted by Gasteiger charge is 2.19. The predicted molar refractivity (Wildman–Crippen MR) is 72.9 cm³/mol. The summed E-state index contributed by atoms with van der Waals surface area (Å²) in [7, 11) is 1.72. The van der Waals surface area contributed by atoms with Crippen LogP contribution in [0.5, 0.6) is 0 Å². The Hall–Kier alpha value is -1.14. The van der Waals surface area contributed by atoms with Gasteiger partial charge in [0.1, 0.15) is 5.69 Å². The number of halogens is 2. The van der Waals surface area contributed by atoms with Crippen molar-refractivity contribution in [2.24, 2.45) is 7.05 Å². The minimum absolute atomic E-state index is 0.151. The molecule has 2 rings (SSSR count). The number of aryl methyl sites for hydroxylation is 1. The van der Waals surface area contributed by atoms with Gasteiger partial charge in [0.15, 0.2) is 0 Å². The third kappa shape index (κ3) is 2.28. The quantitative estimate of drug-likeness (QED) is 0.663. The number of anilines is 1. The summed E-state index contributed by atoms with van der Waals surface area (Å²) in [6, 6.07) is 5.19. The lowest BCUT2D eigenvalue weighted by molar-refractivity contribution is 0.103. The van der Waals surface area contributed by atoms with Gasteiger partial charge in [-0.1, -0.05) is 15.9 Å². The van der Waals surface area contributed by atoms with Crippen LogP contribution in [0, 0.1) is 0 Å². The van der Waals surface area contributed by atoms with Crippen molar-refractivity contribution in [3.05, 3.63) is 44.6 Å². The molecule has 0 spiro atoms. The minimum atomic E-state index is -0.151. The van der Waals surface area contributed by atoms with Crippen molar-refractivity contribution in [1.29, 1.82) is 0 Å². The van der Waals surface area contributed by atoms with Gasteiger partial charge in [-0.15, -0.1) is 0 Å². The molecule has 0 aliphatic rings. The van der Waals surface area contributed by atoms with Crippen LogP contribution < -0.4 is 5.73 Å². The molecular formula is C11H9Br2N3O. The summed E-state index contributed by atoms with van der Waals surface area (Å²) in [5, 5.41) is 4.01. The molecule has 2 N–H and O–H groups in total. The second-order valence-corrected chi connectivity index (χ2v) is 5.30. The summed E-state index contributed by atoms with van der Waals surface area (Å²) in [6.45, 7) is 0. The van der Waals surface area contributed by atoms with Crippen LogP contribution in [0.1, 0.15) is 16.1 Å². The first-order valence-corrected chi connectivity index (χ1v) is 6.36. The molecule has 0 unspecified atom stereocenters. The Morgan fingerprint density at radius 2 is 2.12 bits per heavy atom. The van der Waals surface area contributed by atoms with Gasteiger partial charge in [0.25, 0.3) is 0 Å². The Morgan fingerprint density at radius 1 is 1.41 bits per heavy atom. The number of ketones is 1. The van der Waals surface area contributed by atoms with Crippen molar-refractivity contribution < 1.29 is 4.79 Å². The summed E-state index contributed by atoms with van der Waals surface area (Å²) in [4.78, 5) is 12.3. The maximum atomic E-state index is 12.3. The van der Waals surface area contributed by atoms with Crippen LogP contribution in [0.25, 0.3) is 0 Å². The molecule has 88 valence electrons. The fourth-order valence-corrected chi connectivity index (χ4v) is 2.44. The normalized spacial score (nSPS) is 10.5. The Balaban J connectivity index is 2.51. The Bertz CT molecular complexity index is 573. The lowest BCUT2D eigenvalue weighted by Gasteiger charge is -2.06. The lowest BCUT2D eigenvalue weighted by Crippen LogP contribution is -2.11. The predicted octanol–water partition coefficient (Wildman–Crippen LogP) is 2.76. The first-order valence-electron chi connectivity index (χ1n) is 4.78. The molecule has 0 saturated heterocycles. The number of nitrogens with zero attached hydrogens (tertiary/aromatic N) is 2. The molecule has 0 saturated carbocycles. The molecule has 0 bridgehead atoms. The van der Waals surface area contributed by atoms with E-state index in [4.69, 9.17) is 5.73 Å². The molecule has 1 aromatic carbocycles. The molecule has 1 heterocycles. The van der Waals surface area contributed by atoms with Crippen LogP contribution in [-0.4, -0.2) is 15.6 Å². The number of hydrogen-bond donors (Lipinski definition) is 1. The number of benzene rings is 1. The number of rotatable bonds is 2. The average Bonchev–Trinajstić information content (AvgIpc) is 2.58. The van der Waals surface area contributed by atoms with Crippen molar-refractivity contribution in [2.75, 3.05) is 5.73 Å². The topological polar surface area (TPSA) is 60.9 Å². The molecule has 0 radical (unpaired) electrons. The van der Waals surface area contributed by atoms with Crippen LogP contribution >= 0.6 is 31.9 Å². The maximum absolute atomic E-state index is 12.3. The van der Waals surface area contributed by atoms with Gasteiger partial charge >= 0.3 is 0 Å². The van der Waals surface area contributed by atoms with Gasteiger partial charge in [-0.2, -0.15) is 5.10 Å². The van der Waals surface area contributed by atoms with Crippen molar-refractivity contribution >= 4 is 43.3 Å². The smallest absolute Gasteiger partial charge is 0.214 e. The summed E-state index contributed by atoms with van der Waals surface area (Å²) in [6.07, 6.45) is 1.59. The van der Waals surface area contributed by atoms with Gasteiger partial charge in [0.2, 0.25) is 5.78 Å². The number of carbonyl (C=O) groups excluding carboxylic acids is 1. The first kappa shape index (κ1) is 12.3. The Kier molecular flexibility index (Phi) is 3.35. The number of nitrogens with two attached hydrogens (primary N) is 1.